The summed E-state index contributed by atoms with van der Waals surface area (Å²) in [7, 11) is 0. The van der Waals surface area contributed by atoms with Gasteiger partial charge < -0.3 is 10.5 Å². The molecule has 15 heavy (non-hydrogen) atoms. The Morgan fingerprint density at radius 1 is 1.20 bits per heavy atom. The Morgan fingerprint density at radius 3 is 2.40 bits per heavy atom. The molecule has 2 N–H and O–H groups in total. The van der Waals surface area contributed by atoms with Crippen molar-refractivity contribution >= 4 is 0 Å². The molecule has 0 aliphatic rings. The van der Waals surface area contributed by atoms with Gasteiger partial charge in [-0.1, -0.05) is 32.0 Å². The molecule has 0 aliphatic carbocycles. The van der Waals surface area contributed by atoms with Crippen LogP contribution in [0.15, 0.2) is 30.3 Å². The molecule has 0 amide bonds. The van der Waals surface area contributed by atoms with Crippen LogP contribution in [-0.4, -0.2) is 13.2 Å². The van der Waals surface area contributed by atoms with Crippen LogP contribution in [0.4, 0.5) is 0 Å². The molecule has 84 valence electrons. The predicted octanol–water partition coefficient (Wildman–Crippen LogP) is 2.69. The summed E-state index contributed by atoms with van der Waals surface area (Å²) in [6.45, 7) is 5.85. The van der Waals surface area contributed by atoms with Gasteiger partial charge in [-0.05, 0) is 31.0 Å². The fourth-order valence-corrected chi connectivity index (χ4v) is 1.63. The molecular formula is C13H21NO. The Hall–Kier alpha value is -1.02. The summed E-state index contributed by atoms with van der Waals surface area (Å²) in [4.78, 5) is 0. The highest BCUT2D eigenvalue weighted by Crippen LogP contribution is 2.14. The summed E-state index contributed by atoms with van der Waals surface area (Å²) in [6.07, 6.45) is 1.13. The molecule has 1 atom stereocenters. The highest BCUT2D eigenvalue weighted by molar-refractivity contribution is 5.20. The third-order valence-corrected chi connectivity index (χ3v) is 2.37. The lowest BCUT2D eigenvalue weighted by atomic mass is 9.98. The van der Waals surface area contributed by atoms with Crippen LogP contribution < -0.4 is 10.5 Å². The lowest BCUT2D eigenvalue weighted by Crippen LogP contribution is -2.23. The zero-order valence-corrected chi connectivity index (χ0v) is 9.65. The minimum absolute atomic E-state index is 0.463. The molecule has 0 bridgehead atoms. The van der Waals surface area contributed by atoms with Crippen LogP contribution in [0.3, 0.4) is 0 Å². The van der Waals surface area contributed by atoms with Crippen molar-refractivity contribution in [3.8, 4) is 5.75 Å². The van der Waals surface area contributed by atoms with Gasteiger partial charge in [-0.25, -0.2) is 0 Å². The average Bonchev–Trinajstić information content (AvgIpc) is 2.25. The van der Waals surface area contributed by atoms with E-state index in [0.29, 0.717) is 18.4 Å². The van der Waals surface area contributed by atoms with Crippen LogP contribution in [-0.2, 0) is 0 Å². The standard InChI is InChI=1S/C13H21NO/c1-11(2)8-12(9-14)10-15-13-6-4-3-5-7-13/h3-7,11-12H,8-10,14H2,1-2H3. The van der Waals surface area contributed by atoms with Crippen molar-refractivity contribution in [3.05, 3.63) is 30.3 Å². The molecule has 1 unspecified atom stereocenters. The summed E-state index contributed by atoms with van der Waals surface area (Å²) >= 11 is 0. The van der Waals surface area contributed by atoms with Crippen molar-refractivity contribution in [2.24, 2.45) is 17.6 Å². The van der Waals surface area contributed by atoms with E-state index in [9.17, 15) is 0 Å². The highest BCUT2D eigenvalue weighted by Gasteiger charge is 2.09. The van der Waals surface area contributed by atoms with Gasteiger partial charge in [0, 0.05) is 5.92 Å². The van der Waals surface area contributed by atoms with Crippen molar-refractivity contribution < 1.29 is 4.74 Å². The van der Waals surface area contributed by atoms with Crippen molar-refractivity contribution in [1.29, 1.82) is 0 Å². The second-order valence-corrected chi connectivity index (χ2v) is 4.36. The maximum Gasteiger partial charge on any atom is 0.119 e. The van der Waals surface area contributed by atoms with E-state index in [0.717, 1.165) is 18.8 Å². The topological polar surface area (TPSA) is 35.2 Å². The zero-order chi connectivity index (χ0) is 11.1. The van der Waals surface area contributed by atoms with Crippen LogP contribution in [0.5, 0.6) is 5.75 Å². The van der Waals surface area contributed by atoms with E-state index in [1.807, 2.05) is 30.3 Å². The van der Waals surface area contributed by atoms with Gasteiger partial charge in [-0.3, -0.25) is 0 Å². The Kier molecular flexibility index (Phi) is 5.19. The quantitative estimate of drug-likeness (QED) is 0.778. The number of benzene rings is 1. The molecule has 0 spiro atoms. The fraction of sp³-hybridized carbons (Fsp3) is 0.538. The number of hydrogen-bond acceptors (Lipinski definition) is 2. The smallest absolute Gasteiger partial charge is 0.119 e. The number of hydrogen-bond donors (Lipinski definition) is 1. The van der Waals surface area contributed by atoms with Crippen LogP contribution in [0.1, 0.15) is 20.3 Å². The first-order valence-electron chi connectivity index (χ1n) is 5.60. The Labute approximate surface area is 92.4 Å². The molecule has 0 saturated carbocycles. The van der Waals surface area contributed by atoms with Gasteiger partial charge in [-0.2, -0.15) is 0 Å². The molecule has 2 heteroatoms. The molecule has 0 heterocycles. The molecule has 0 fully saturated rings. The van der Waals surface area contributed by atoms with Crippen LogP contribution in [0, 0.1) is 11.8 Å². The molecule has 1 aromatic rings. The number of nitrogens with two attached hydrogens (primary N) is 1. The SMILES string of the molecule is CC(C)CC(CN)COc1ccccc1. The van der Waals surface area contributed by atoms with Crippen LogP contribution in [0.2, 0.25) is 0 Å². The summed E-state index contributed by atoms with van der Waals surface area (Å²) < 4.78 is 5.68. The largest absolute Gasteiger partial charge is 0.493 e. The Balaban J connectivity index is 2.34. The van der Waals surface area contributed by atoms with E-state index in [1.165, 1.54) is 0 Å². The van der Waals surface area contributed by atoms with Crippen molar-refractivity contribution in [2.45, 2.75) is 20.3 Å². The molecule has 1 aromatic carbocycles. The van der Waals surface area contributed by atoms with Crippen molar-refractivity contribution in [3.63, 3.8) is 0 Å². The Morgan fingerprint density at radius 2 is 1.87 bits per heavy atom. The monoisotopic (exact) mass is 207 g/mol. The highest BCUT2D eigenvalue weighted by atomic mass is 16.5. The number of para-hydroxylation sites is 1. The molecular weight excluding hydrogens is 186 g/mol. The van der Waals surface area contributed by atoms with E-state index in [4.69, 9.17) is 10.5 Å². The first-order chi connectivity index (χ1) is 7.22. The second kappa shape index (κ2) is 6.46. The summed E-state index contributed by atoms with van der Waals surface area (Å²) in [5.41, 5.74) is 5.71. The van der Waals surface area contributed by atoms with Crippen LogP contribution >= 0.6 is 0 Å². The van der Waals surface area contributed by atoms with Gasteiger partial charge in [0.1, 0.15) is 5.75 Å². The van der Waals surface area contributed by atoms with E-state index in [-0.39, 0.29) is 0 Å². The summed E-state index contributed by atoms with van der Waals surface area (Å²) in [5.74, 6) is 2.07. The van der Waals surface area contributed by atoms with E-state index < -0.39 is 0 Å². The van der Waals surface area contributed by atoms with E-state index in [2.05, 4.69) is 13.8 Å². The number of ether oxygens (including phenoxy) is 1. The zero-order valence-electron chi connectivity index (χ0n) is 9.65. The lowest BCUT2D eigenvalue weighted by Gasteiger charge is -2.17. The minimum atomic E-state index is 0.463. The molecule has 0 aliphatic heterocycles. The normalized spacial score (nSPS) is 12.8. The van der Waals surface area contributed by atoms with Crippen molar-refractivity contribution in [2.75, 3.05) is 13.2 Å². The van der Waals surface area contributed by atoms with Crippen molar-refractivity contribution in [1.82, 2.24) is 0 Å². The molecule has 0 aromatic heterocycles. The van der Waals surface area contributed by atoms with Gasteiger partial charge in [0.15, 0.2) is 0 Å². The average molecular weight is 207 g/mol. The molecule has 1 rings (SSSR count). The first-order valence-corrected chi connectivity index (χ1v) is 5.60. The van der Waals surface area contributed by atoms with E-state index in [1.54, 1.807) is 0 Å². The molecule has 2 nitrogen and oxygen atoms in total. The molecule has 0 radical (unpaired) electrons. The number of rotatable bonds is 6. The lowest BCUT2D eigenvalue weighted by molar-refractivity contribution is 0.231. The van der Waals surface area contributed by atoms with Gasteiger partial charge in [-0.15, -0.1) is 0 Å². The van der Waals surface area contributed by atoms with Crippen LogP contribution in [0.25, 0.3) is 0 Å². The maximum atomic E-state index is 5.71. The van der Waals surface area contributed by atoms with Gasteiger partial charge in [0.05, 0.1) is 6.61 Å². The summed E-state index contributed by atoms with van der Waals surface area (Å²) in [6, 6.07) is 9.90. The first kappa shape index (κ1) is 12.1. The Bertz CT molecular complexity index is 258. The summed E-state index contributed by atoms with van der Waals surface area (Å²) in [5, 5.41) is 0. The third kappa shape index (κ3) is 4.84. The van der Waals surface area contributed by atoms with E-state index >= 15 is 0 Å². The second-order valence-electron chi connectivity index (χ2n) is 4.36. The van der Waals surface area contributed by atoms with Gasteiger partial charge in [0.2, 0.25) is 0 Å². The third-order valence-electron chi connectivity index (χ3n) is 2.37. The minimum Gasteiger partial charge on any atom is -0.493 e. The fourth-order valence-electron chi connectivity index (χ4n) is 1.63. The van der Waals surface area contributed by atoms with Gasteiger partial charge >= 0.3 is 0 Å². The predicted molar refractivity (Wildman–Crippen MR) is 63.9 cm³/mol. The maximum absolute atomic E-state index is 5.71. The van der Waals surface area contributed by atoms with Gasteiger partial charge in [0.25, 0.3) is 0 Å². The molecule has 0 saturated heterocycles.